The molecular formula is C14H22F2N2O2. The largest absolute Gasteiger partial charge is 0.444 e. The van der Waals surface area contributed by atoms with Crippen LogP contribution in [0.5, 0.6) is 0 Å². The lowest BCUT2D eigenvalue weighted by Gasteiger charge is -2.57. The molecule has 0 radical (unpaired) electrons. The summed E-state index contributed by atoms with van der Waals surface area (Å²) in [6.45, 7) is 5.88. The van der Waals surface area contributed by atoms with Crippen molar-refractivity contribution in [2.24, 2.45) is 11.3 Å². The molecule has 0 aromatic carbocycles. The van der Waals surface area contributed by atoms with E-state index in [2.05, 4.69) is 0 Å². The van der Waals surface area contributed by atoms with Crippen LogP contribution in [0.1, 0.15) is 40.0 Å². The fourth-order valence-corrected chi connectivity index (χ4v) is 3.18. The van der Waals surface area contributed by atoms with E-state index < -0.39 is 23.0 Å². The summed E-state index contributed by atoms with van der Waals surface area (Å²) in [4.78, 5) is 13.4. The van der Waals surface area contributed by atoms with Crippen molar-refractivity contribution >= 4 is 12.3 Å². The Morgan fingerprint density at radius 1 is 1.35 bits per heavy atom. The van der Waals surface area contributed by atoms with Crippen molar-refractivity contribution in [2.45, 2.75) is 51.6 Å². The molecule has 1 aliphatic carbocycles. The second-order valence-electron chi connectivity index (χ2n) is 6.81. The molecule has 2 fully saturated rings. The summed E-state index contributed by atoms with van der Waals surface area (Å²) < 4.78 is 33.0. The third kappa shape index (κ3) is 2.40. The molecule has 6 heteroatoms. The lowest BCUT2D eigenvalue weighted by Crippen LogP contribution is -2.63. The third-order valence-corrected chi connectivity index (χ3v) is 4.42. The number of carbonyl (C=O) groups excluding carboxylic acids is 1. The molecule has 1 heterocycles. The van der Waals surface area contributed by atoms with Gasteiger partial charge in [-0.25, -0.2) is 13.6 Å². The summed E-state index contributed by atoms with van der Waals surface area (Å²) in [5.74, 6) is -3.08. The van der Waals surface area contributed by atoms with Crippen LogP contribution in [-0.2, 0) is 4.74 Å². The van der Waals surface area contributed by atoms with E-state index in [4.69, 9.17) is 10.1 Å². The second-order valence-corrected chi connectivity index (χ2v) is 6.81. The summed E-state index contributed by atoms with van der Waals surface area (Å²) in [6, 6.07) is 0. The average molecular weight is 288 g/mol. The standard InChI is InChI=1S/C14H22F2N2O2/c1-12(2,3)20-11(19)18-6-4-13(5-7-18)10(9-17)8-14(13,15)16/h9-10,17H,4-8H2,1-3H3. The Bertz CT molecular complexity index is 410. The highest BCUT2D eigenvalue weighted by Gasteiger charge is 2.67. The van der Waals surface area contributed by atoms with Gasteiger partial charge in [-0.15, -0.1) is 0 Å². The molecule has 1 N–H and O–H groups in total. The first-order valence-electron chi connectivity index (χ1n) is 6.98. The Morgan fingerprint density at radius 2 is 1.90 bits per heavy atom. The molecule has 0 aromatic rings. The molecule has 1 atom stereocenters. The van der Waals surface area contributed by atoms with Gasteiger partial charge < -0.3 is 15.0 Å². The first-order chi connectivity index (χ1) is 9.11. The van der Waals surface area contributed by atoms with Gasteiger partial charge in [0.05, 0.1) is 0 Å². The van der Waals surface area contributed by atoms with Gasteiger partial charge in [0.1, 0.15) is 5.60 Å². The maximum Gasteiger partial charge on any atom is 0.410 e. The van der Waals surface area contributed by atoms with Crippen LogP contribution in [0.15, 0.2) is 0 Å². The van der Waals surface area contributed by atoms with E-state index in [9.17, 15) is 13.6 Å². The molecule has 1 unspecified atom stereocenters. The Balaban J connectivity index is 1.99. The van der Waals surface area contributed by atoms with Gasteiger partial charge in [-0.05, 0) is 39.8 Å². The normalized spacial score (nSPS) is 27.9. The van der Waals surface area contributed by atoms with Gasteiger partial charge in [0, 0.05) is 30.8 Å². The highest BCUT2D eigenvalue weighted by molar-refractivity contribution is 5.68. The topological polar surface area (TPSA) is 53.4 Å². The highest BCUT2D eigenvalue weighted by Crippen LogP contribution is 2.62. The van der Waals surface area contributed by atoms with Gasteiger partial charge in [0.15, 0.2) is 0 Å². The fraction of sp³-hybridized carbons (Fsp3) is 0.857. The monoisotopic (exact) mass is 288 g/mol. The Labute approximate surface area is 118 Å². The zero-order valence-corrected chi connectivity index (χ0v) is 12.2. The highest BCUT2D eigenvalue weighted by atomic mass is 19.3. The summed E-state index contributed by atoms with van der Waals surface area (Å²) in [5, 5.41) is 7.29. The molecule has 2 rings (SSSR count). The van der Waals surface area contributed by atoms with Gasteiger partial charge in [0.2, 0.25) is 0 Å². The first kappa shape index (κ1) is 15.2. The van der Waals surface area contributed by atoms with Crippen LogP contribution in [0, 0.1) is 16.7 Å². The molecule has 114 valence electrons. The van der Waals surface area contributed by atoms with Crippen molar-refractivity contribution in [3.63, 3.8) is 0 Å². The predicted molar refractivity (Wildman–Crippen MR) is 71.3 cm³/mol. The molecule has 20 heavy (non-hydrogen) atoms. The molecule has 1 amide bonds. The van der Waals surface area contributed by atoms with E-state index in [1.165, 1.54) is 4.90 Å². The van der Waals surface area contributed by atoms with E-state index >= 15 is 0 Å². The predicted octanol–water partition coefficient (Wildman–Crippen LogP) is 3.31. The number of ether oxygens (including phenoxy) is 1. The van der Waals surface area contributed by atoms with Crippen LogP contribution >= 0.6 is 0 Å². The van der Waals surface area contributed by atoms with E-state index in [1.54, 1.807) is 20.8 Å². The average Bonchev–Trinajstić information content (AvgIpc) is 2.34. The van der Waals surface area contributed by atoms with Crippen molar-refractivity contribution in [3.05, 3.63) is 0 Å². The zero-order valence-electron chi connectivity index (χ0n) is 12.2. The van der Waals surface area contributed by atoms with Crippen LogP contribution < -0.4 is 0 Å². The number of halogens is 2. The molecule has 1 saturated heterocycles. The molecule has 1 spiro atoms. The number of likely N-dealkylation sites (tertiary alicyclic amines) is 1. The number of nitrogens with one attached hydrogen (secondary N) is 1. The SMILES string of the molecule is CC(C)(C)OC(=O)N1CCC2(CC1)C(C=N)CC2(F)F. The number of hydrogen-bond donors (Lipinski definition) is 1. The minimum atomic E-state index is -2.71. The first-order valence-corrected chi connectivity index (χ1v) is 6.98. The minimum Gasteiger partial charge on any atom is -0.444 e. The smallest absolute Gasteiger partial charge is 0.410 e. The number of piperidine rings is 1. The van der Waals surface area contributed by atoms with Crippen molar-refractivity contribution in [1.82, 2.24) is 4.90 Å². The quantitative estimate of drug-likeness (QED) is 0.753. The van der Waals surface area contributed by atoms with E-state index in [0.29, 0.717) is 0 Å². The molecule has 2 aliphatic rings. The van der Waals surface area contributed by atoms with Gasteiger partial charge in [-0.1, -0.05) is 0 Å². The third-order valence-electron chi connectivity index (χ3n) is 4.42. The van der Waals surface area contributed by atoms with Crippen molar-refractivity contribution in [3.8, 4) is 0 Å². The van der Waals surface area contributed by atoms with E-state index in [-0.39, 0.29) is 38.3 Å². The van der Waals surface area contributed by atoms with Gasteiger partial charge >= 0.3 is 6.09 Å². The Kier molecular flexibility index (Phi) is 3.55. The van der Waals surface area contributed by atoms with Crippen molar-refractivity contribution < 1.29 is 18.3 Å². The summed E-state index contributed by atoms with van der Waals surface area (Å²) in [6.07, 6.45) is 0.934. The maximum atomic E-state index is 13.9. The molecule has 0 aromatic heterocycles. The summed E-state index contributed by atoms with van der Waals surface area (Å²) >= 11 is 0. The van der Waals surface area contributed by atoms with Crippen LogP contribution in [0.4, 0.5) is 13.6 Å². The van der Waals surface area contributed by atoms with Crippen LogP contribution in [-0.4, -0.2) is 41.8 Å². The van der Waals surface area contributed by atoms with E-state index in [1.807, 2.05) is 0 Å². The van der Waals surface area contributed by atoms with Crippen LogP contribution in [0.2, 0.25) is 0 Å². The Hall–Kier alpha value is -1.20. The molecule has 4 nitrogen and oxygen atoms in total. The van der Waals surface area contributed by atoms with Gasteiger partial charge in [-0.2, -0.15) is 0 Å². The number of carbonyl (C=O) groups is 1. The van der Waals surface area contributed by atoms with Crippen LogP contribution in [0.25, 0.3) is 0 Å². The lowest BCUT2D eigenvalue weighted by atomic mass is 9.53. The van der Waals surface area contributed by atoms with Crippen molar-refractivity contribution in [2.75, 3.05) is 13.1 Å². The second kappa shape index (κ2) is 4.67. The molecule has 0 bridgehead atoms. The number of nitrogens with zero attached hydrogens (tertiary/aromatic N) is 1. The summed E-state index contributed by atoms with van der Waals surface area (Å²) in [7, 11) is 0. The van der Waals surface area contributed by atoms with Gasteiger partial charge in [-0.3, -0.25) is 0 Å². The number of hydrogen-bond acceptors (Lipinski definition) is 3. The van der Waals surface area contributed by atoms with E-state index in [0.717, 1.165) is 6.21 Å². The molecule has 1 aliphatic heterocycles. The number of rotatable bonds is 1. The summed E-state index contributed by atoms with van der Waals surface area (Å²) in [5.41, 5.74) is -1.70. The Morgan fingerprint density at radius 3 is 2.30 bits per heavy atom. The number of alkyl halides is 2. The fourth-order valence-electron chi connectivity index (χ4n) is 3.18. The maximum absolute atomic E-state index is 13.9. The van der Waals surface area contributed by atoms with Crippen molar-refractivity contribution in [1.29, 1.82) is 5.41 Å². The minimum absolute atomic E-state index is 0.233. The molecule has 1 saturated carbocycles. The van der Waals surface area contributed by atoms with Gasteiger partial charge in [0.25, 0.3) is 5.92 Å². The zero-order chi connectivity index (χ0) is 15.2. The molecular weight excluding hydrogens is 266 g/mol. The lowest BCUT2D eigenvalue weighted by molar-refractivity contribution is -0.240. The van der Waals surface area contributed by atoms with Crippen LogP contribution in [0.3, 0.4) is 0 Å². The number of amides is 1.